The molecule has 236 valence electrons. The van der Waals surface area contributed by atoms with E-state index < -0.39 is 36.7 Å². The minimum Gasteiger partial charge on any atom is -0.454 e. The molecule has 0 radical (unpaired) electrons. The smallest absolute Gasteiger partial charge is 0.333 e. The summed E-state index contributed by atoms with van der Waals surface area (Å²) in [7, 11) is 0. The second-order valence-electron chi connectivity index (χ2n) is 12.9. The van der Waals surface area contributed by atoms with E-state index in [0.717, 1.165) is 49.7 Å². The van der Waals surface area contributed by atoms with E-state index in [9.17, 15) is 20.1 Å². The van der Waals surface area contributed by atoms with Crippen LogP contribution in [0.3, 0.4) is 0 Å². The van der Waals surface area contributed by atoms with Crippen LogP contribution in [0.2, 0.25) is 0 Å². The van der Waals surface area contributed by atoms with Gasteiger partial charge in [0.1, 0.15) is 12.2 Å². The Bertz CT molecular complexity index is 1020. The quantitative estimate of drug-likeness (QED) is 0.128. The van der Waals surface area contributed by atoms with E-state index in [2.05, 4.69) is 39.2 Å². The average Bonchev–Trinajstić information content (AvgIpc) is 2.96. The van der Waals surface area contributed by atoms with Crippen molar-refractivity contribution in [3.63, 3.8) is 0 Å². The van der Waals surface area contributed by atoms with Crippen LogP contribution in [-0.2, 0) is 19.0 Å². The maximum absolute atomic E-state index is 12.6. The number of ether oxygens (including phenoxy) is 3. The summed E-state index contributed by atoms with van der Waals surface area (Å²) in [6.45, 7) is 16.3. The number of carbonyl (C=O) groups excluding carboxylic acids is 1. The molecule has 0 aromatic heterocycles. The van der Waals surface area contributed by atoms with Crippen molar-refractivity contribution in [2.45, 2.75) is 123 Å². The predicted octanol–water partition coefficient (Wildman–Crippen LogP) is 6.10. The van der Waals surface area contributed by atoms with Crippen molar-refractivity contribution in [2.75, 3.05) is 13.2 Å². The van der Waals surface area contributed by atoms with Crippen LogP contribution in [0.25, 0.3) is 0 Å². The number of aliphatic hydroxyl groups excluding tert-OH is 3. The number of carbonyl (C=O) groups is 1. The van der Waals surface area contributed by atoms with Crippen molar-refractivity contribution in [2.24, 2.45) is 17.8 Å². The Hall–Kier alpha value is -2.03. The number of hydrogen-bond acceptors (Lipinski definition) is 7. The first-order valence-corrected chi connectivity index (χ1v) is 15.8. The summed E-state index contributed by atoms with van der Waals surface area (Å²) in [4.78, 5) is 12.6. The highest BCUT2D eigenvalue weighted by Crippen LogP contribution is 2.32. The van der Waals surface area contributed by atoms with Crippen LogP contribution in [0, 0.1) is 17.8 Å². The molecule has 1 fully saturated rings. The zero-order valence-corrected chi connectivity index (χ0v) is 26.2. The minimum absolute atomic E-state index is 0.0570. The molecule has 0 amide bonds. The third-order valence-electron chi connectivity index (χ3n) is 9.14. The lowest BCUT2D eigenvalue weighted by molar-refractivity contribution is -0.275. The minimum atomic E-state index is -1.32. The molecule has 1 heterocycles. The second-order valence-corrected chi connectivity index (χ2v) is 12.9. The SMILES string of the molecule is C=C(C)C1CC=C(CCCC(C)COC2OCC(OC(=O)/C(C)=C/CCC3=CCC(C(=C)C)CC3O)C(O)C2O)CC1. The van der Waals surface area contributed by atoms with Gasteiger partial charge in [-0.1, -0.05) is 55.0 Å². The fourth-order valence-corrected chi connectivity index (χ4v) is 5.99. The summed E-state index contributed by atoms with van der Waals surface area (Å²) in [5, 5.41) is 31.6. The molecule has 2 aliphatic carbocycles. The van der Waals surface area contributed by atoms with E-state index >= 15 is 0 Å². The first kappa shape index (κ1) is 34.5. The number of hydrogen-bond donors (Lipinski definition) is 3. The predicted molar refractivity (Wildman–Crippen MR) is 165 cm³/mol. The van der Waals surface area contributed by atoms with Crippen molar-refractivity contribution in [1.29, 1.82) is 0 Å². The Kier molecular flexibility index (Phi) is 13.7. The topological polar surface area (TPSA) is 105 Å². The fraction of sp³-hybridized carbons (Fsp3) is 0.686. The van der Waals surface area contributed by atoms with E-state index in [1.54, 1.807) is 13.0 Å². The van der Waals surface area contributed by atoms with Crippen molar-refractivity contribution < 1.29 is 34.3 Å². The second kappa shape index (κ2) is 16.7. The highest BCUT2D eigenvalue weighted by atomic mass is 16.7. The van der Waals surface area contributed by atoms with Gasteiger partial charge in [-0.15, -0.1) is 0 Å². The lowest BCUT2D eigenvalue weighted by Crippen LogP contribution is -2.55. The first-order valence-electron chi connectivity index (χ1n) is 15.8. The van der Waals surface area contributed by atoms with Crippen LogP contribution >= 0.6 is 0 Å². The summed E-state index contributed by atoms with van der Waals surface area (Å²) < 4.78 is 16.9. The summed E-state index contributed by atoms with van der Waals surface area (Å²) in [5.74, 6) is 0.662. The van der Waals surface area contributed by atoms with Gasteiger partial charge in [-0.2, -0.15) is 0 Å². The molecule has 0 bridgehead atoms. The van der Waals surface area contributed by atoms with Gasteiger partial charge in [0.05, 0.1) is 19.3 Å². The molecule has 0 aromatic rings. The number of rotatable bonds is 14. The monoisotopic (exact) mass is 586 g/mol. The first-order chi connectivity index (χ1) is 20.0. The van der Waals surface area contributed by atoms with E-state index in [1.807, 2.05) is 6.92 Å². The fourth-order valence-electron chi connectivity index (χ4n) is 5.99. The molecule has 0 spiro atoms. The normalized spacial score (nSPS) is 31.1. The Balaban J connectivity index is 1.34. The average molecular weight is 587 g/mol. The Labute approximate surface area is 253 Å². The summed E-state index contributed by atoms with van der Waals surface area (Å²) >= 11 is 0. The molecule has 1 aliphatic heterocycles. The van der Waals surface area contributed by atoms with Gasteiger partial charge in [0.2, 0.25) is 0 Å². The Morgan fingerprint density at radius 3 is 2.43 bits per heavy atom. The molecule has 8 atom stereocenters. The van der Waals surface area contributed by atoms with Crippen LogP contribution < -0.4 is 0 Å². The van der Waals surface area contributed by atoms with Gasteiger partial charge in [-0.25, -0.2) is 4.79 Å². The molecule has 3 aliphatic rings. The molecule has 3 N–H and O–H groups in total. The molecule has 7 heteroatoms. The van der Waals surface area contributed by atoms with Crippen LogP contribution in [-0.4, -0.2) is 65.2 Å². The molecule has 8 unspecified atom stereocenters. The lowest BCUT2D eigenvalue weighted by Gasteiger charge is -2.37. The lowest BCUT2D eigenvalue weighted by atomic mass is 9.82. The van der Waals surface area contributed by atoms with Gasteiger partial charge in [-0.05, 0) is 108 Å². The zero-order valence-electron chi connectivity index (χ0n) is 26.2. The van der Waals surface area contributed by atoms with Gasteiger partial charge in [0, 0.05) is 5.57 Å². The van der Waals surface area contributed by atoms with E-state index in [-0.39, 0.29) is 12.5 Å². The van der Waals surface area contributed by atoms with Crippen LogP contribution in [0.4, 0.5) is 0 Å². The van der Waals surface area contributed by atoms with Gasteiger partial charge in [-0.3, -0.25) is 0 Å². The standard InChI is InChI=1S/C35H54O7/c1-22(2)27-15-13-26(14-16-27)11-7-9-24(5)20-40-35-33(38)32(37)31(21-41-35)42-34(39)25(6)10-8-12-28-17-18-29(23(3)4)19-30(28)36/h10,13,17,24,27,29-33,35-38H,1,3,7-9,11-12,14-16,18-21H2,2,4-6H3/b25-10+. The van der Waals surface area contributed by atoms with E-state index in [1.165, 1.54) is 17.6 Å². The van der Waals surface area contributed by atoms with Gasteiger partial charge in [0.15, 0.2) is 12.4 Å². The number of aliphatic hydroxyl groups is 3. The van der Waals surface area contributed by atoms with Crippen molar-refractivity contribution in [3.8, 4) is 0 Å². The van der Waals surface area contributed by atoms with Crippen molar-refractivity contribution >= 4 is 5.97 Å². The molecule has 42 heavy (non-hydrogen) atoms. The van der Waals surface area contributed by atoms with E-state index in [0.29, 0.717) is 43.3 Å². The maximum atomic E-state index is 12.6. The highest BCUT2D eigenvalue weighted by molar-refractivity contribution is 5.87. The largest absolute Gasteiger partial charge is 0.454 e. The number of allylic oxidation sites excluding steroid dienone is 6. The van der Waals surface area contributed by atoms with Crippen LogP contribution in [0.1, 0.15) is 91.9 Å². The Morgan fingerprint density at radius 1 is 1.07 bits per heavy atom. The summed E-state index contributed by atoms with van der Waals surface area (Å²) in [5.41, 5.74) is 5.31. The molecule has 1 saturated heterocycles. The number of esters is 1. The van der Waals surface area contributed by atoms with Gasteiger partial charge < -0.3 is 29.5 Å². The molecule has 7 nitrogen and oxygen atoms in total. The zero-order chi connectivity index (χ0) is 30.8. The maximum Gasteiger partial charge on any atom is 0.333 e. The summed E-state index contributed by atoms with van der Waals surface area (Å²) in [6.07, 6.45) is 10.7. The van der Waals surface area contributed by atoms with Crippen LogP contribution in [0.15, 0.2) is 59.3 Å². The van der Waals surface area contributed by atoms with Gasteiger partial charge >= 0.3 is 5.97 Å². The molecule has 0 aromatic carbocycles. The molecular formula is C35H54O7. The molecule has 0 saturated carbocycles. The highest BCUT2D eigenvalue weighted by Gasteiger charge is 2.41. The van der Waals surface area contributed by atoms with Crippen LogP contribution in [0.5, 0.6) is 0 Å². The summed E-state index contributed by atoms with van der Waals surface area (Å²) in [6, 6.07) is 0. The third-order valence-corrected chi connectivity index (χ3v) is 9.14. The molecular weight excluding hydrogens is 532 g/mol. The van der Waals surface area contributed by atoms with Gasteiger partial charge in [0.25, 0.3) is 0 Å². The Morgan fingerprint density at radius 2 is 1.79 bits per heavy atom. The third kappa shape index (κ3) is 10.3. The van der Waals surface area contributed by atoms with Crippen molar-refractivity contribution in [1.82, 2.24) is 0 Å². The molecule has 3 rings (SSSR count). The van der Waals surface area contributed by atoms with E-state index in [4.69, 9.17) is 14.2 Å². The van der Waals surface area contributed by atoms with Crippen molar-refractivity contribution in [3.05, 3.63) is 59.3 Å².